The number of carbonyl (C=O) groups excluding carboxylic acids is 1. The van der Waals surface area contributed by atoms with Crippen molar-refractivity contribution in [1.29, 1.82) is 0 Å². The zero-order valence-electron chi connectivity index (χ0n) is 14.5. The molecule has 1 aliphatic carbocycles. The number of nitrogens with zero attached hydrogens (tertiary/aromatic N) is 2. The lowest BCUT2D eigenvalue weighted by Crippen LogP contribution is -2.27. The summed E-state index contributed by atoms with van der Waals surface area (Å²) < 4.78 is 2.03. The molecule has 4 heteroatoms. The van der Waals surface area contributed by atoms with Crippen molar-refractivity contribution < 1.29 is 4.79 Å². The SMILES string of the molecule is Cc1cc(C(=O)NC2CCc3ccccc32)c(C)n1-c1ccccn1. The molecule has 1 aromatic carbocycles. The van der Waals surface area contributed by atoms with Crippen molar-refractivity contribution in [3.05, 3.63) is 82.8 Å². The van der Waals surface area contributed by atoms with Gasteiger partial charge in [-0.15, -0.1) is 0 Å². The molecule has 1 amide bonds. The minimum absolute atomic E-state index is 0.0167. The quantitative estimate of drug-likeness (QED) is 0.791. The van der Waals surface area contributed by atoms with Crippen molar-refractivity contribution in [3.63, 3.8) is 0 Å². The van der Waals surface area contributed by atoms with Crippen LogP contribution in [0.5, 0.6) is 0 Å². The van der Waals surface area contributed by atoms with Crippen LogP contribution < -0.4 is 5.32 Å². The fourth-order valence-electron chi connectivity index (χ4n) is 3.77. The summed E-state index contributed by atoms with van der Waals surface area (Å²) in [6.45, 7) is 3.97. The summed E-state index contributed by atoms with van der Waals surface area (Å²) >= 11 is 0. The molecule has 0 fully saturated rings. The molecular formula is C21H21N3O. The first kappa shape index (κ1) is 15.6. The molecule has 1 N–H and O–H groups in total. The van der Waals surface area contributed by atoms with Gasteiger partial charge in [0, 0.05) is 17.6 Å². The average molecular weight is 331 g/mol. The molecule has 2 aromatic heterocycles. The fourth-order valence-corrected chi connectivity index (χ4v) is 3.77. The highest BCUT2D eigenvalue weighted by Crippen LogP contribution is 2.31. The molecule has 4 nitrogen and oxygen atoms in total. The highest BCUT2D eigenvalue weighted by atomic mass is 16.1. The predicted molar refractivity (Wildman–Crippen MR) is 98.0 cm³/mol. The van der Waals surface area contributed by atoms with Crippen molar-refractivity contribution in [1.82, 2.24) is 14.9 Å². The van der Waals surface area contributed by atoms with Crippen molar-refractivity contribution in [3.8, 4) is 5.82 Å². The molecule has 0 aliphatic heterocycles. The number of hydrogen-bond acceptors (Lipinski definition) is 2. The maximum atomic E-state index is 12.9. The molecule has 4 rings (SSSR count). The molecule has 1 atom stereocenters. The summed E-state index contributed by atoms with van der Waals surface area (Å²) in [5.41, 5.74) is 5.22. The zero-order chi connectivity index (χ0) is 17.4. The van der Waals surface area contributed by atoms with Gasteiger partial charge >= 0.3 is 0 Å². The lowest BCUT2D eigenvalue weighted by molar-refractivity contribution is 0.0936. The van der Waals surface area contributed by atoms with E-state index in [4.69, 9.17) is 0 Å². The van der Waals surface area contributed by atoms with E-state index in [1.54, 1.807) is 6.20 Å². The first-order chi connectivity index (χ1) is 12.1. The smallest absolute Gasteiger partial charge is 0.253 e. The Kier molecular flexibility index (Phi) is 3.88. The number of benzene rings is 1. The molecule has 1 unspecified atom stereocenters. The number of hydrogen-bond donors (Lipinski definition) is 1. The minimum atomic E-state index is -0.0167. The molecule has 25 heavy (non-hydrogen) atoms. The number of nitrogens with one attached hydrogen (secondary N) is 1. The predicted octanol–water partition coefficient (Wildman–Crippen LogP) is 3.91. The van der Waals surface area contributed by atoms with Crippen LogP contribution >= 0.6 is 0 Å². The number of amides is 1. The standard InChI is InChI=1S/C21H21N3O/c1-14-13-18(15(2)24(14)20-9-5-6-12-22-20)21(25)23-19-11-10-16-7-3-4-8-17(16)19/h3-9,12-13,19H,10-11H2,1-2H3,(H,23,25). The van der Waals surface area contributed by atoms with E-state index in [2.05, 4.69) is 28.5 Å². The largest absolute Gasteiger partial charge is 0.345 e. The topological polar surface area (TPSA) is 46.9 Å². The van der Waals surface area contributed by atoms with Crippen LogP contribution in [0.15, 0.2) is 54.7 Å². The van der Waals surface area contributed by atoms with E-state index < -0.39 is 0 Å². The van der Waals surface area contributed by atoms with E-state index >= 15 is 0 Å². The van der Waals surface area contributed by atoms with Crippen LogP contribution in [-0.2, 0) is 6.42 Å². The van der Waals surface area contributed by atoms with Gasteiger partial charge in [-0.25, -0.2) is 4.98 Å². The average Bonchev–Trinajstić information content (AvgIpc) is 3.17. The van der Waals surface area contributed by atoms with E-state index in [0.29, 0.717) is 5.56 Å². The van der Waals surface area contributed by atoms with E-state index in [-0.39, 0.29) is 11.9 Å². The Morgan fingerprint density at radius 3 is 2.76 bits per heavy atom. The second-order valence-corrected chi connectivity index (χ2v) is 6.57. The number of fused-ring (bicyclic) bond motifs is 1. The van der Waals surface area contributed by atoms with Crippen LogP contribution in [-0.4, -0.2) is 15.5 Å². The van der Waals surface area contributed by atoms with Crippen molar-refractivity contribution >= 4 is 5.91 Å². The number of carbonyl (C=O) groups is 1. The molecule has 126 valence electrons. The third-order valence-corrected chi connectivity index (χ3v) is 4.99. The van der Waals surface area contributed by atoms with Gasteiger partial charge in [0.05, 0.1) is 11.6 Å². The van der Waals surface area contributed by atoms with E-state index in [1.165, 1.54) is 11.1 Å². The van der Waals surface area contributed by atoms with Gasteiger partial charge in [0.2, 0.25) is 0 Å². The fraction of sp³-hybridized carbons (Fsp3) is 0.238. The van der Waals surface area contributed by atoms with Crippen molar-refractivity contribution in [2.24, 2.45) is 0 Å². The van der Waals surface area contributed by atoms with Gasteiger partial charge in [-0.2, -0.15) is 0 Å². The Morgan fingerprint density at radius 2 is 1.96 bits per heavy atom. The van der Waals surface area contributed by atoms with Crippen LogP contribution in [0, 0.1) is 13.8 Å². The molecule has 2 heterocycles. The summed E-state index contributed by atoms with van der Waals surface area (Å²) in [7, 11) is 0. The monoisotopic (exact) mass is 331 g/mol. The summed E-state index contributed by atoms with van der Waals surface area (Å²) in [6.07, 6.45) is 3.75. The maximum absolute atomic E-state index is 12.9. The zero-order valence-corrected chi connectivity index (χ0v) is 14.5. The van der Waals surface area contributed by atoms with Gasteiger partial charge in [0.1, 0.15) is 5.82 Å². The second kappa shape index (κ2) is 6.20. The van der Waals surface area contributed by atoms with Crippen molar-refractivity contribution in [2.45, 2.75) is 32.7 Å². The third kappa shape index (κ3) is 2.74. The summed E-state index contributed by atoms with van der Waals surface area (Å²) in [5.74, 6) is 0.819. The number of aryl methyl sites for hydroxylation is 2. The van der Waals surface area contributed by atoms with Gasteiger partial charge in [-0.1, -0.05) is 30.3 Å². The normalized spacial score (nSPS) is 15.8. The molecule has 3 aromatic rings. The lowest BCUT2D eigenvalue weighted by Gasteiger charge is -2.14. The van der Waals surface area contributed by atoms with Gasteiger partial charge < -0.3 is 9.88 Å². The van der Waals surface area contributed by atoms with Gasteiger partial charge in [-0.3, -0.25) is 4.79 Å². The Balaban J connectivity index is 1.62. The Labute approximate surface area is 147 Å². The van der Waals surface area contributed by atoms with Gasteiger partial charge in [0.15, 0.2) is 0 Å². The lowest BCUT2D eigenvalue weighted by atomic mass is 10.1. The Morgan fingerprint density at radius 1 is 1.16 bits per heavy atom. The van der Waals surface area contributed by atoms with Crippen molar-refractivity contribution in [2.75, 3.05) is 0 Å². The van der Waals surface area contributed by atoms with Crippen LogP contribution in [0.4, 0.5) is 0 Å². The van der Waals surface area contributed by atoms with Crippen LogP contribution in [0.2, 0.25) is 0 Å². The molecular weight excluding hydrogens is 310 g/mol. The first-order valence-electron chi connectivity index (χ1n) is 8.64. The molecule has 0 spiro atoms. The molecule has 0 saturated carbocycles. The molecule has 0 radical (unpaired) electrons. The summed E-state index contributed by atoms with van der Waals surface area (Å²) in [6, 6.07) is 16.2. The van der Waals surface area contributed by atoms with E-state index in [9.17, 15) is 4.79 Å². The van der Waals surface area contributed by atoms with Crippen LogP contribution in [0.25, 0.3) is 5.82 Å². The molecule has 1 aliphatic rings. The summed E-state index contributed by atoms with van der Waals surface area (Å²) in [5, 5.41) is 3.21. The summed E-state index contributed by atoms with van der Waals surface area (Å²) in [4.78, 5) is 17.3. The minimum Gasteiger partial charge on any atom is -0.345 e. The van der Waals surface area contributed by atoms with E-state index in [1.807, 2.05) is 48.7 Å². The molecule has 0 bridgehead atoms. The number of rotatable bonds is 3. The highest BCUT2D eigenvalue weighted by molar-refractivity contribution is 5.96. The number of aromatic nitrogens is 2. The highest BCUT2D eigenvalue weighted by Gasteiger charge is 2.25. The first-order valence-corrected chi connectivity index (χ1v) is 8.64. The van der Waals surface area contributed by atoms with Crippen LogP contribution in [0.1, 0.15) is 45.3 Å². The van der Waals surface area contributed by atoms with Gasteiger partial charge in [-0.05, 0) is 56.0 Å². The molecule has 0 saturated heterocycles. The maximum Gasteiger partial charge on any atom is 0.253 e. The van der Waals surface area contributed by atoms with Crippen LogP contribution in [0.3, 0.4) is 0 Å². The van der Waals surface area contributed by atoms with E-state index in [0.717, 1.165) is 30.0 Å². The Hall–Kier alpha value is -2.88. The van der Waals surface area contributed by atoms with Gasteiger partial charge in [0.25, 0.3) is 5.91 Å². The number of pyridine rings is 1. The third-order valence-electron chi connectivity index (χ3n) is 4.99. The second-order valence-electron chi connectivity index (χ2n) is 6.57. The Bertz CT molecular complexity index is 928.